The van der Waals surface area contributed by atoms with E-state index in [4.69, 9.17) is 10.6 Å². The van der Waals surface area contributed by atoms with E-state index in [9.17, 15) is 0 Å². The van der Waals surface area contributed by atoms with Crippen molar-refractivity contribution in [3.8, 4) is 5.88 Å². The second kappa shape index (κ2) is 5.72. The fourth-order valence-electron chi connectivity index (χ4n) is 1.53. The van der Waals surface area contributed by atoms with Crippen LogP contribution in [0.15, 0.2) is 29.9 Å². The molecule has 90 valence electrons. The number of methoxy groups -OCH3 is 1. The van der Waals surface area contributed by atoms with Crippen molar-refractivity contribution in [3.63, 3.8) is 0 Å². The molecule has 3 N–H and O–H groups in total. The van der Waals surface area contributed by atoms with Gasteiger partial charge in [0.2, 0.25) is 5.88 Å². The first-order chi connectivity index (χ1) is 8.33. The molecule has 0 aliphatic carbocycles. The van der Waals surface area contributed by atoms with Crippen LogP contribution in [0.1, 0.15) is 16.6 Å². The molecule has 2 rings (SSSR count). The largest absolute Gasteiger partial charge is 0.481 e. The standard InChI is InChI=1S/C11H14N4OS/c1-16-11-6-9(13-7-14-11)10(15-12)5-8-3-2-4-17-8/h2-4,6-7,10,15H,5,12H2,1H3. The quantitative estimate of drug-likeness (QED) is 0.618. The molecule has 1 unspecified atom stereocenters. The van der Waals surface area contributed by atoms with Crippen LogP contribution in [-0.2, 0) is 6.42 Å². The highest BCUT2D eigenvalue weighted by atomic mass is 32.1. The molecule has 0 aliphatic rings. The first-order valence-corrected chi connectivity index (χ1v) is 6.06. The number of nitrogens with two attached hydrogens (primary N) is 1. The van der Waals surface area contributed by atoms with Gasteiger partial charge in [-0.1, -0.05) is 6.07 Å². The fraction of sp³-hybridized carbons (Fsp3) is 0.273. The van der Waals surface area contributed by atoms with Crippen LogP contribution in [0.2, 0.25) is 0 Å². The Hall–Kier alpha value is -1.50. The summed E-state index contributed by atoms with van der Waals surface area (Å²) in [5.41, 5.74) is 3.60. The smallest absolute Gasteiger partial charge is 0.216 e. The molecule has 6 heteroatoms. The second-order valence-corrected chi connectivity index (χ2v) is 4.52. The van der Waals surface area contributed by atoms with Crippen molar-refractivity contribution in [2.45, 2.75) is 12.5 Å². The topological polar surface area (TPSA) is 73.1 Å². The summed E-state index contributed by atoms with van der Waals surface area (Å²) in [7, 11) is 1.58. The first kappa shape index (κ1) is 12.0. The van der Waals surface area contributed by atoms with Crippen molar-refractivity contribution in [1.29, 1.82) is 0 Å². The van der Waals surface area contributed by atoms with Gasteiger partial charge in [-0.25, -0.2) is 9.97 Å². The minimum atomic E-state index is -0.0365. The van der Waals surface area contributed by atoms with Crippen molar-refractivity contribution >= 4 is 11.3 Å². The SMILES string of the molecule is COc1cc(C(Cc2cccs2)NN)ncn1. The van der Waals surface area contributed by atoms with Crippen molar-refractivity contribution in [2.24, 2.45) is 5.84 Å². The molecule has 5 nitrogen and oxygen atoms in total. The van der Waals surface area contributed by atoms with Crippen LogP contribution in [0, 0.1) is 0 Å². The Bertz CT molecular complexity index is 460. The van der Waals surface area contributed by atoms with E-state index in [0.717, 1.165) is 12.1 Å². The molecule has 2 aromatic rings. The Labute approximate surface area is 104 Å². The maximum atomic E-state index is 5.57. The van der Waals surface area contributed by atoms with Crippen LogP contribution >= 0.6 is 11.3 Å². The lowest BCUT2D eigenvalue weighted by Crippen LogP contribution is -2.30. The molecule has 0 saturated carbocycles. The van der Waals surface area contributed by atoms with E-state index < -0.39 is 0 Å². The fourth-order valence-corrected chi connectivity index (χ4v) is 2.29. The predicted molar refractivity (Wildman–Crippen MR) is 66.7 cm³/mol. The zero-order valence-corrected chi connectivity index (χ0v) is 10.3. The molecule has 0 bridgehead atoms. The number of aromatic nitrogens is 2. The Morgan fingerprint density at radius 3 is 3.06 bits per heavy atom. The number of ether oxygens (including phenoxy) is 1. The molecule has 0 amide bonds. The molecular weight excluding hydrogens is 236 g/mol. The van der Waals surface area contributed by atoms with Gasteiger partial charge in [0, 0.05) is 17.4 Å². The van der Waals surface area contributed by atoms with Gasteiger partial charge in [-0.2, -0.15) is 0 Å². The summed E-state index contributed by atoms with van der Waals surface area (Å²) >= 11 is 1.70. The van der Waals surface area contributed by atoms with Crippen LogP contribution in [0.3, 0.4) is 0 Å². The van der Waals surface area contributed by atoms with Crippen LogP contribution in [-0.4, -0.2) is 17.1 Å². The van der Waals surface area contributed by atoms with Gasteiger partial charge in [0.25, 0.3) is 0 Å². The lowest BCUT2D eigenvalue weighted by atomic mass is 10.1. The van der Waals surface area contributed by atoms with E-state index in [-0.39, 0.29) is 6.04 Å². The Kier molecular flexibility index (Phi) is 4.03. The highest BCUT2D eigenvalue weighted by Crippen LogP contribution is 2.20. The molecule has 0 aromatic carbocycles. The Morgan fingerprint density at radius 1 is 1.53 bits per heavy atom. The number of hydrogen-bond acceptors (Lipinski definition) is 6. The van der Waals surface area contributed by atoms with Crippen molar-refractivity contribution in [2.75, 3.05) is 7.11 Å². The molecule has 2 heterocycles. The molecule has 2 aromatic heterocycles. The van der Waals surface area contributed by atoms with E-state index in [2.05, 4.69) is 21.5 Å². The summed E-state index contributed by atoms with van der Waals surface area (Å²) in [4.78, 5) is 9.44. The summed E-state index contributed by atoms with van der Waals surface area (Å²) in [6.07, 6.45) is 2.28. The summed E-state index contributed by atoms with van der Waals surface area (Å²) in [6.45, 7) is 0. The number of nitrogens with one attached hydrogen (secondary N) is 1. The van der Waals surface area contributed by atoms with E-state index in [0.29, 0.717) is 5.88 Å². The number of hydrogen-bond donors (Lipinski definition) is 2. The van der Waals surface area contributed by atoms with Gasteiger partial charge in [0.05, 0.1) is 18.8 Å². The third kappa shape index (κ3) is 3.00. The van der Waals surface area contributed by atoms with Crippen LogP contribution < -0.4 is 16.0 Å². The normalized spacial score (nSPS) is 12.4. The number of nitrogens with zero attached hydrogens (tertiary/aromatic N) is 2. The van der Waals surface area contributed by atoms with Gasteiger partial charge < -0.3 is 4.74 Å². The van der Waals surface area contributed by atoms with Crippen LogP contribution in [0.4, 0.5) is 0 Å². The summed E-state index contributed by atoms with van der Waals surface area (Å²) in [5, 5.41) is 2.05. The molecule has 1 atom stereocenters. The highest BCUT2D eigenvalue weighted by molar-refractivity contribution is 7.09. The minimum Gasteiger partial charge on any atom is -0.481 e. The van der Waals surface area contributed by atoms with Gasteiger partial charge in [-0.15, -0.1) is 11.3 Å². The van der Waals surface area contributed by atoms with Gasteiger partial charge >= 0.3 is 0 Å². The Morgan fingerprint density at radius 2 is 2.41 bits per heavy atom. The average Bonchev–Trinajstić information content (AvgIpc) is 2.89. The first-order valence-electron chi connectivity index (χ1n) is 5.18. The number of rotatable bonds is 5. The van der Waals surface area contributed by atoms with E-state index in [1.807, 2.05) is 11.4 Å². The predicted octanol–water partition coefficient (Wildman–Crippen LogP) is 1.29. The molecule has 0 aliphatic heterocycles. The third-order valence-electron chi connectivity index (χ3n) is 2.42. The van der Waals surface area contributed by atoms with Crippen LogP contribution in [0.25, 0.3) is 0 Å². The number of thiophene rings is 1. The molecule has 0 radical (unpaired) electrons. The van der Waals surface area contributed by atoms with Gasteiger partial charge in [0.1, 0.15) is 6.33 Å². The van der Waals surface area contributed by atoms with E-state index in [1.54, 1.807) is 24.5 Å². The average molecular weight is 250 g/mol. The van der Waals surface area contributed by atoms with Crippen molar-refractivity contribution < 1.29 is 4.74 Å². The molecule has 0 spiro atoms. The lowest BCUT2D eigenvalue weighted by Gasteiger charge is -2.14. The lowest BCUT2D eigenvalue weighted by molar-refractivity contribution is 0.394. The van der Waals surface area contributed by atoms with Crippen LogP contribution in [0.5, 0.6) is 5.88 Å². The zero-order valence-electron chi connectivity index (χ0n) is 9.46. The van der Waals surface area contributed by atoms with Gasteiger partial charge in [-0.3, -0.25) is 11.3 Å². The van der Waals surface area contributed by atoms with Gasteiger partial charge in [-0.05, 0) is 11.4 Å². The van der Waals surface area contributed by atoms with E-state index >= 15 is 0 Å². The van der Waals surface area contributed by atoms with Gasteiger partial charge in [0.15, 0.2) is 0 Å². The summed E-state index contributed by atoms with van der Waals surface area (Å²) in [6, 6.07) is 5.85. The highest BCUT2D eigenvalue weighted by Gasteiger charge is 2.13. The molecule has 17 heavy (non-hydrogen) atoms. The Balaban J connectivity index is 2.16. The third-order valence-corrected chi connectivity index (χ3v) is 3.31. The summed E-state index contributed by atoms with van der Waals surface area (Å²) in [5.74, 6) is 6.11. The molecule has 0 fully saturated rings. The van der Waals surface area contributed by atoms with Crippen molar-refractivity contribution in [3.05, 3.63) is 40.5 Å². The maximum Gasteiger partial charge on any atom is 0.216 e. The molecule has 0 saturated heterocycles. The zero-order chi connectivity index (χ0) is 12.1. The second-order valence-electron chi connectivity index (χ2n) is 3.49. The monoisotopic (exact) mass is 250 g/mol. The minimum absolute atomic E-state index is 0.0365. The number of hydrazine groups is 1. The maximum absolute atomic E-state index is 5.57. The molecular formula is C11H14N4OS. The van der Waals surface area contributed by atoms with E-state index in [1.165, 1.54) is 11.2 Å². The summed E-state index contributed by atoms with van der Waals surface area (Å²) < 4.78 is 5.07. The van der Waals surface area contributed by atoms with Crippen molar-refractivity contribution in [1.82, 2.24) is 15.4 Å².